The van der Waals surface area contributed by atoms with Crippen LogP contribution in [0.5, 0.6) is 11.5 Å². The van der Waals surface area contributed by atoms with Crippen LogP contribution in [0, 0.1) is 0 Å². The van der Waals surface area contributed by atoms with E-state index < -0.39 is 0 Å². The van der Waals surface area contributed by atoms with Gasteiger partial charge in [-0.1, -0.05) is 48.5 Å². The van der Waals surface area contributed by atoms with Gasteiger partial charge in [0, 0.05) is 24.7 Å². The number of morpholine rings is 1. The van der Waals surface area contributed by atoms with Crippen LogP contribution in [-0.4, -0.2) is 43.2 Å². The van der Waals surface area contributed by atoms with Gasteiger partial charge in [-0.25, -0.2) is 0 Å². The lowest BCUT2D eigenvalue weighted by Crippen LogP contribution is -2.48. The maximum atomic E-state index is 12.9. The van der Waals surface area contributed by atoms with Gasteiger partial charge in [-0.2, -0.15) is 0 Å². The molecule has 0 spiro atoms. The van der Waals surface area contributed by atoms with E-state index in [-0.39, 0.29) is 18.0 Å². The predicted octanol–water partition coefficient (Wildman–Crippen LogP) is 4.67. The Hall–Kier alpha value is -3.15. The monoisotopic (exact) mass is 416 g/mol. The van der Waals surface area contributed by atoms with Gasteiger partial charge in [0.05, 0.1) is 19.3 Å². The van der Waals surface area contributed by atoms with Gasteiger partial charge in [0.1, 0.15) is 11.5 Å². The maximum absolute atomic E-state index is 12.9. The number of rotatable bonds is 7. The third-order valence-electron chi connectivity index (χ3n) is 5.51. The minimum atomic E-state index is -0.0899. The zero-order valence-electron chi connectivity index (χ0n) is 17.7. The molecule has 5 nitrogen and oxygen atoms in total. The second kappa shape index (κ2) is 10.2. The molecule has 3 aromatic rings. The molecule has 1 aliphatic rings. The molecule has 0 saturated carbocycles. The van der Waals surface area contributed by atoms with E-state index >= 15 is 0 Å². The first-order valence-electron chi connectivity index (χ1n) is 10.7. The van der Waals surface area contributed by atoms with Gasteiger partial charge in [0.2, 0.25) is 0 Å². The Balaban J connectivity index is 1.44. The van der Waals surface area contributed by atoms with Crippen molar-refractivity contribution in [2.45, 2.75) is 19.0 Å². The Kier molecular flexibility index (Phi) is 6.97. The van der Waals surface area contributed by atoms with Crippen LogP contribution in [0.3, 0.4) is 0 Å². The second-order valence-corrected chi connectivity index (χ2v) is 7.71. The molecule has 1 fully saturated rings. The Morgan fingerprint density at radius 1 is 0.871 bits per heavy atom. The Morgan fingerprint density at radius 3 is 2.10 bits per heavy atom. The molecular weight excluding hydrogens is 388 g/mol. The van der Waals surface area contributed by atoms with E-state index in [2.05, 4.69) is 29.3 Å². The molecule has 0 aliphatic carbocycles. The largest absolute Gasteiger partial charge is 0.457 e. The first-order valence-corrected chi connectivity index (χ1v) is 10.7. The summed E-state index contributed by atoms with van der Waals surface area (Å²) in [5.41, 5.74) is 1.81. The Morgan fingerprint density at radius 2 is 1.45 bits per heavy atom. The molecule has 0 aromatic heterocycles. The molecule has 1 N–H and O–H groups in total. The fraction of sp³-hybridized carbons (Fsp3) is 0.269. The molecule has 4 rings (SSSR count). The van der Waals surface area contributed by atoms with Gasteiger partial charge < -0.3 is 14.8 Å². The van der Waals surface area contributed by atoms with Gasteiger partial charge in [0.15, 0.2) is 0 Å². The van der Waals surface area contributed by atoms with Gasteiger partial charge in [-0.15, -0.1) is 0 Å². The van der Waals surface area contributed by atoms with E-state index in [1.54, 1.807) is 12.1 Å². The van der Waals surface area contributed by atoms with Crippen molar-refractivity contribution < 1.29 is 14.3 Å². The zero-order valence-corrected chi connectivity index (χ0v) is 17.7. The van der Waals surface area contributed by atoms with Gasteiger partial charge in [-0.3, -0.25) is 9.69 Å². The van der Waals surface area contributed by atoms with Crippen LogP contribution < -0.4 is 10.1 Å². The molecule has 0 unspecified atom stereocenters. The summed E-state index contributed by atoms with van der Waals surface area (Å²) in [5.74, 6) is 1.38. The van der Waals surface area contributed by atoms with E-state index in [0.29, 0.717) is 24.5 Å². The van der Waals surface area contributed by atoms with Crippen molar-refractivity contribution >= 4 is 5.91 Å². The molecule has 31 heavy (non-hydrogen) atoms. The van der Waals surface area contributed by atoms with Crippen LogP contribution in [0.4, 0.5) is 0 Å². The van der Waals surface area contributed by atoms with Crippen molar-refractivity contribution in [1.29, 1.82) is 0 Å². The van der Waals surface area contributed by atoms with Gasteiger partial charge >= 0.3 is 0 Å². The molecule has 1 saturated heterocycles. The maximum Gasteiger partial charge on any atom is 0.251 e. The number of nitrogens with zero attached hydrogens (tertiary/aromatic N) is 1. The lowest BCUT2D eigenvalue weighted by Gasteiger charge is -2.38. The number of hydrogen-bond acceptors (Lipinski definition) is 4. The second-order valence-electron chi connectivity index (χ2n) is 7.71. The fourth-order valence-electron chi connectivity index (χ4n) is 3.99. The quantitative estimate of drug-likeness (QED) is 0.608. The molecule has 5 heteroatoms. The lowest BCUT2D eigenvalue weighted by molar-refractivity contribution is 0.00888. The molecule has 1 aliphatic heterocycles. The van der Waals surface area contributed by atoms with E-state index in [1.165, 1.54) is 5.56 Å². The highest BCUT2D eigenvalue weighted by molar-refractivity contribution is 5.94. The standard InChI is InChI=1S/C26H28N2O3/c1-20(25(21-8-4-2-5-9-21)28-16-18-30-19-17-28)27-26(29)22-12-14-24(15-13-22)31-23-10-6-3-7-11-23/h2-15,20,25H,16-19H2,1H3,(H,27,29)/t20-,25-/m1/s1. The number of benzene rings is 3. The summed E-state index contributed by atoms with van der Waals surface area (Å²) in [6, 6.07) is 27.2. The third kappa shape index (κ3) is 5.51. The number of amides is 1. The minimum Gasteiger partial charge on any atom is -0.457 e. The summed E-state index contributed by atoms with van der Waals surface area (Å²) in [5, 5.41) is 3.20. The zero-order chi connectivity index (χ0) is 21.5. The molecule has 160 valence electrons. The van der Waals surface area contributed by atoms with E-state index in [9.17, 15) is 4.79 Å². The molecule has 0 radical (unpaired) electrons. The highest BCUT2D eigenvalue weighted by Crippen LogP contribution is 2.26. The molecule has 1 amide bonds. The number of carbonyl (C=O) groups excluding carboxylic acids is 1. The summed E-state index contributed by atoms with van der Waals surface area (Å²) in [6.45, 7) is 5.20. The van der Waals surface area contributed by atoms with Crippen molar-refractivity contribution in [2.75, 3.05) is 26.3 Å². The summed E-state index contributed by atoms with van der Waals surface area (Å²) in [4.78, 5) is 15.3. The average Bonchev–Trinajstić information content (AvgIpc) is 2.82. The highest BCUT2D eigenvalue weighted by atomic mass is 16.5. The van der Waals surface area contributed by atoms with Gasteiger partial charge in [0.25, 0.3) is 5.91 Å². The van der Waals surface area contributed by atoms with Crippen molar-refractivity contribution in [2.24, 2.45) is 0 Å². The van der Waals surface area contributed by atoms with Crippen LogP contribution in [0.2, 0.25) is 0 Å². The topological polar surface area (TPSA) is 50.8 Å². The van der Waals surface area contributed by atoms with Crippen LogP contribution >= 0.6 is 0 Å². The summed E-state index contributed by atoms with van der Waals surface area (Å²) in [6.07, 6.45) is 0. The van der Waals surface area contributed by atoms with Crippen molar-refractivity contribution in [3.63, 3.8) is 0 Å². The minimum absolute atomic E-state index is 0.0618. The molecule has 0 bridgehead atoms. The number of para-hydroxylation sites is 1. The normalized spacial score (nSPS) is 16.3. The average molecular weight is 417 g/mol. The van der Waals surface area contributed by atoms with E-state index in [4.69, 9.17) is 9.47 Å². The van der Waals surface area contributed by atoms with Crippen molar-refractivity contribution in [3.05, 3.63) is 96.1 Å². The Labute approximate surface area is 183 Å². The van der Waals surface area contributed by atoms with Gasteiger partial charge in [-0.05, 0) is 48.9 Å². The van der Waals surface area contributed by atoms with Crippen LogP contribution in [0.15, 0.2) is 84.9 Å². The number of carbonyl (C=O) groups is 1. The highest BCUT2D eigenvalue weighted by Gasteiger charge is 2.28. The number of hydrogen-bond donors (Lipinski definition) is 1. The predicted molar refractivity (Wildman–Crippen MR) is 121 cm³/mol. The van der Waals surface area contributed by atoms with Crippen molar-refractivity contribution in [3.8, 4) is 11.5 Å². The van der Waals surface area contributed by atoms with Crippen LogP contribution in [0.1, 0.15) is 28.9 Å². The molecule has 3 aromatic carbocycles. The summed E-state index contributed by atoms with van der Waals surface area (Å²) < 4.78 is 11.3. The third-order valence-corrected chi connectivity index (χ3v) is 5.51. The van der Waals surface area contributed by atoms with Crippen molar-refractivity contribution in [1.82, 2.24) is 10.2 Å². The summed E-state index contributed by atoms with van der Waals surface area (Å²) in [7, 11) is 0. The van der Waals surface area contributed by atoms with Crippen LogP contribution in [0.25, 0.3) is 0 Å². The van der Waals surface area contributed by atoms with Crippen LogP contribution in [-0.2, 0) is 4.74 Å². The fourth-order valence-corrected chi connectivity index (χ4v) is 3.99. The first-order chi connectivity index (χ1) is 15.2. The smallest absolute Gasteiger partial charge is 0.251 e. The molecule has 2 atom stereocenters. The Bertz CT molecular complexity index is 955. The molecule has 1 heterocycles. The first kappa shape index (κ1) is 21.1. The van der Waals surface area contributed by atoms with E-state index in [0.717, 1.165) is 18.8 Å². The number of nitrogens with one attached hydrogen (secondary N) is 1. The molecular formula is C26H28N2O3. The lowest BCUT2D eigenvalue weighted by atomic mass is 9.97. The SMILES string of the molecule is C[C@@H](NC(=O)c1ccc(Oc2ccccc2)cc1)[C@H](c1ccccc1)N1CCOCC1. The number of ether oxygens (including phenoxy) is 2. The summed E-state index contributed by atoms with van der Waals surface area (Å²) >= 11 is 0. The van der Waals surface area contributed by atoms with E-state index in [1.807, 2.05) is 60.7 Å².